The maximum atomic E-state index is 12.6. The van der Waals surface area contributed by atoms with E-state index in [1.807, 2.05) is 60.7 Å². The maximum Gasteiger partial charge on any atom is 0.323 e. The second-order valence-corrected chi connectivity index (χ2v) is 6.69. The molecule has 26 heavy (non-hydrogen) atoms. The number of nitrogens with zero attached hydrogens (tertiary/aromatic N) is 3. The summed E-state index contributed by atoms with van der Waals surface area (Å²) in [5, 5.41) is 3.35. The van der Waals surface area contributed by atoms with Crippen molar-refractivity contribution in [1.82, 2.24) is 14.3 Å². The van der Waals surface area contributed by atoms with Gasteiger partial charge in [-0.25, -0.2) is 4.79 Å². The number of rotatable bonds is 3. The Balaban J connectivity index is 1.41. The van der Waals surface area contributed by atoms with Gasteiger partial charge in [-0.05, 0) is 5.56 Å². The van der Waals surface area contributed by atoms with Gasteiger partial charge in [0.2, 0.25) is 5.13 Å². The number of aromatic nitrogens is 2. The highest BCUT2D eigenvalue weighted by Crippen LogP contribution is 2.24. The molecule has 0 saturated carbocycles. The van der Waals surface area contributed by atoms with E-state index in [1.165, 1.54) is 11.5 Å². The van der Waals surface area contributed by atoms with Crippen molar-refractivity contribution in [1.29, 1.82) is 0 Å². The van der Waals surface area contributed by atoms with Crippen LogP contribution in [0.2, 0.25) is 0 Å². The van der Waals surface area contributed by atoms with Crippen LogP contribution in [-0.4, -0.2) is 40.0 Å². The number of ether oxygens (including phenoxy) is 1. The van der Waals surface area contributed by atoms with Crippen LogP contribution < -0.4 is 5.32 Å². The lowest BCUT2D eigenvalue weighted by Crippen LogP contribution is -2.44. The van der Waals surface area contributed by atoms with E-state index in [1.54, 1.807) is 4.90 Å². The van der Waals surface area contributed by atoms with Crippen LogP contribution in [0.4, 0.5) is 9.93 Å². The number of morpholine rings is 1. The van der Waals surface area contributed by atoms with E-state index >= 15 is 0 Å². The summed E-state index contributed by atoms with van der Waals surface area (Å²) in [7, 11) is 0. The Kier molecular flexibility index (Phi) is 4.90. The first kappa shape index (κ1) is 16.7. The number of carbonyl (C=O) groups excluding carboxylic acids is 1. The minimum Gasteiger partial charge on any atom is -0.370 e. The SMILES string of the molecule is O=C(Nc1nc(-c2ccccc2)ns1)N1CCO[C@H](c2ccccc2)C1. The fourth-order valence-corrected chi connectivity index (χ4v) is 3.43. The minimum absolute atomic E-state index is 0.106. The molecule has 3 aromatic rings. The molecule has 0 radical (unpaired) electrons. The predicted octanol–water partition coefficient (Wildman–Crippen LogP) is 3.81. The van der Waals surface area contributed by atoms with E-state index in [9.17, 15) is 4.79 Å². The van der Waals surface area contributed by atoms with E-state index in [2.05, 4.69) is 14.7 Å². The Morgan fingerprint density at radius 3 is 2.62 bits per heavy atom. The standard InChI is InChI=1S/C19H18N4O2S/c24-19(21-18-20-17(22-26-18)15-9-5-2-6-10-15)23-11-12-25-16(13-23)14-7-3-1-4-8-14/h1-10,16H,11-13H2,(H,20,21,22,24)/t16-/m0/s1. The molecule has 1 saturated heterocycles. The fourth-order valence-electron chi connectivity index (χ4n) is 2.85. The molecule has 4 rings (SSSR count). The third kappa shape index (κ3) is 3.74. The van der Waals surface area contributed by atoms with Crippen molar-refractivity contribution in [3.8, 4) is 11.4 Å². The number of amides is 2. The average molecular weight is 366 g/mol. The van der Waals surface area contributed by atoms with Gasteiger partial charge in [0, 0.05) is 23.6 Å². The summed E-state index contributed by atoms with van der Waals surface area (Å²) in [6.07, 6.45) is -0.106. The number of anilines is 1. The molecule has 132 valence electrons. The van der Waals surface area contributed by atoms with Crippen LogP contribution in [0.5, 0.6) is 0 Å². The molecule has 1 atom stereocenters. The van der Waals surface area contributed by atoms with Gasteiger partial charge in [0.25, 0.3) is 0 Å². The summed E-state index contributed by atoms with van der Waals surface area (Å²) in [4.78, 5) is 18.8. The van der Waals surface area contributed by atoms with E-state index in [4.69, 9.17) is 4.74 Å². The minimum atomic E-state index is -0.176. The van der Waals surface area contributed by atoms with Crippen molar-refractivity contribution < 1.29 is 9.53 Å². The van der Waals surface area contributed by atoms with Crippen LogP contribution in [0, 0.1) is 0 Å². The molecule has 0 aliphatic carbocycles. The zero-order chi connectivity index (χ0) is 17.8. The summed E-state index contributed by atoms with van der Waals surface area (Å²) >= 11 is 1.18. The Bertz CT molecular complexity index is 870. The van der Waals surface area contributed by atoms with Gasteiger partial charge < -0.3 is 9.64 Å². The van der Waals surface area contributed by atoms with Crippen molar-refractivity contribution in [3.63, 3.8) is 0 Å². The summed E-state index contributed by atoms with van der Waals surface area (Å²) in [6.45, 7) is 1.58. The van der Waals surface area contributed by atoms with Crippen LogP contribution >= 0.6 is 11.5 Å². The highest BCUT2D eigenvalue weighted by Gasteiger charge is 2.26. The van der Waals surface area contributed by atoms with Crippen molar-refractivity contribution >= 4 is 22.7 Å². The van der Waals surface area contributed by atoms with Gasteiger partial charge >= 0.3 is 6.03 Å². The summed E-state index contributed by atoms with van der Waals surface area (Å²) in [5.74, 6) is 0.620. The molecule has 1 aliphatic rings. The molecule has 0 spiro atoms. The molecule has 2 heterocycles. The average Bonchev–Trinajstić information content (AvgIpc) is 3.18. The Morgan fingerprint density at radius 1 is 1.12 bits per heavy atom. The largest absolute Gasteiger partial charge is 0.370 e. The topological polar surface area (TPSA) is 67.4 Å². The third-order valence-corrected chi connectivity index (χ3v) is 4.83. The lowest BCUT2D eigenvalue weighted by atomic mass is 10.1. The zero-order valence-electron chi connectivity index (χ0n) is 14.0. The van der Waals surface area contributed by atoms with Gasteiger partial charge in [-0.2, -0.15) is 9.36 Å². The van der Waals surface area contributed by atoms with E-state index in [0.29, 0.717) is 30.7 Å². The Labute approximate surface area is 155 Å². The monoisotopic (exact) mass is 366 g/mol. The molecule has 6 nitrogen and oxygen atoms in total. The van der Waals surface area contributed by atoms with Crippen molar-refractivity contribution in [2.75, 3.05) is 25.0 Å². The van der Waals surface area contributed by atoms with Gasteiger partial charge in [0.1, 0.15) is 6.10 Å². The molecular weight excluding hydrogens is 348 g/mol. The smallest absolute Gasteiger partial charge is 0.323 e. The second-order valence-electron chi connectivity index (χ2n) is 5.94. The van der Waals surface area contributed by atoms with Gasteiger partial charge in [-0.1, -0.05) is 60.7 Å². The molecule has 2 amide bonds. The normalized spacial score (nSPS) is 17.1. The predicted molar refractivity (Wildman–Crippen MR) is 101 cm³/mol. The zero-order valence-corrected chi connectivity index (χ0v) is 14.9. The third-order valence-electron chi connectivity index (χ3n) is 4.20. The van der Waals surface area contributed by atoms with E-state index in [-0.39, 0.29) is 12.1 Å². The van der Waals surface area contributed by atoms with Gasteiger partial charge in [0.05, 0.1) is 13.2 Å². The van der Waals surface area contributed by atoms with Crippen molar-refractivity contribution in [3.05, 3.63) is 66.2 Å². The lowest BCUT2D eigenvalue weighted by Gasteiger charge is -2.32. The first-order valence-corrected chi connectivity index (χ1v) is 9.18. The fraction of sp³-hybridized carbons (Fsp3) is 0.211. The van der Waals surface area contributed by atoms with E-state index in [0.717, 1.165) is 11.1 Å². The highest BCUT2D eigenvalue weighted by atomic mass is 32.1. The molecule has 0 bridgehead atoms. The number of hydrogen-bond donors (Lipinski definition) is 1. The maximum absolute atomic E-state index is 12.6. The highest BCUT2D eigenvalue weighted by molar-refractivity contribution is 7.10. The van der Waals surface area contributed by atoms with Gasteiger partial charge in [-0.15, -0.1) is 0 Å². The molecule has 0 unspecified atom stereocenters. The van der Waals surface area contributed by atoms with Crippen LogP contribution in [0.15, 0.2) is 60.7 Å². The van der Waals surface area contributed by atoms with Crippen molar-refractivity contribution in [2.45, 2.75) is 6.10 Å². The first-order chi connectivity index (χ1) is 12.8. The Morgan fingerprint density at radius 2 is 1.85 bits per heavy atom. The number of hydrogen-bond acceptors (Lipinski definition) is 5. The molecule has 1 aromatic heterocycles. The molecule has 2 aromatic carbocycles. The number of nitrogens with one attached hydrogen (secondary N) is 1. The lowest BCUT2D eigenvalue weighted by molar-refractivity contribution is -0.0135. The summed E-state index contributed by atoms with van der Waals surface area (Å²) < 4.78 is 10.1. The number of urea groups is 1. The number of benzene rings is 2. The van der Waals surface area contributed by atoms with Crippen LogP contribution in [0.1, 0.15) is 11.7 Å². The quantitative estimate of drug-likeness (QED) is 0.765. The van der Waals surface area contributed by atoms with E-state index < -0.39 is 0 Å². The molecule has 1 fully saturated rings. The molecule has 7 heteroatoms. The van der Waals surface area contributed by atoms with Crippen LogP contribution in [0.3, 0.4) is 0 Å². The molecule has 1 aliphatic heterocycles. The summed E-state index contributed by atoms with van der Waals surface area (Å²) in [5.41, 5.74) is 2.01. The van der Waals surface area contributed by atoms with Gasteiger partial charge in [0.15, 0.2) is 5.82 Å². The van der Waals surface area contributed by atoms with Crippen molar-refractivity contribution in [2.24, 2.45) is 0 Å². The number of carbonyl (C=O) groups is 1. The molecular formula is C19H18N4O2S. The van der Waals surface area contributed by atoms with Gasteiger partial charge in [-0.3, -0.25) is 5.32 Å². The van der Waals surface area contributed by atoms with Crippen LogP contribution in [0.25, 0.3) is 11.4 Å². The second kappa shape index (κ2) is 7.63. The Hall–Kier alpha value is -2.77. The first-order valence-electron chi connectivity index (χ1n) is 8.41. The van der Waals surface area contributed by atoms with Crippen LogP contribution in [-0.2, 0) is 4.74 Å². The molecule has 1 N–H and O–H groups in total. The summed E-state index contributed by atoms with van der Waals surface area (Å²) in [6, 6.07) is 19.5.